The van der Waals surface area contributed by atoms with Crippen molar-refractivity contribution in [2.24, 2.45) is 0 Å². The highest BCUT2D eigenvalue weighted by Gasteiger charge is 2.05. The number of hydrogen-bond acceptors (Lipinski definition) is 3. The van der Waals surface area contributed by atoms with Gasteiger partial charge in [-0.3, -0.25) is 4.79 Å². The number of thiol groups is 1. The molecular formula is C8H7FO3S. The zero-order chi connectivity index (χ0) is 9.84. The molecule has 0 heterocycles. The van der Waals surface area contributed by atoms with Crippen LogP contribution in [0.1, 0.15) is 15.9 Å². The van der Waals surface area contributed by atoms with E-state index in [1.807, 2.05) is 0 Å². The average molecular weight is 202 g/mol. The van der Waals surface area contributed by atoms with Crippen molar-refractivity contribution >= 4 is 17.0 Å². The summed E-state index contributed by atoms with van der Waals surface area (Å²) in [5.74, 6) is 0. The van der Waals surface area contributed by atoms with Gasteiger partial charge in [-0.15, -0.1) is 0 Å². The fraction of sp³-hybridized carbons (Fsp3) is 0.125. The molecule has 0 aromatic heterocycles. The number of hydrogen-bond donors (Lipinski definition) is 1. The number of benzene rings is 1. The Morgan fingerprint density at radius 2 is 2.08 bits per heavy atom. The Hall–Kier alpha value is -1.23. The molecule has 1 rings (SSSR count). The van der Waals surface area contributed by atoms with Crippen LogP contribution in [0.4, 0.5) is 4.39 Å². The first-order valence-corrected chi connectivity index (χ1v) is 4.65. The summed E-state index contributed by atoms with van der Waals surface area (Å²) in [4.78, 5) is 10.2. The molecule has 1 aromatic carbocycles. The van der Waals surface area contributed by atoms with Crippen LogP contribution < -0.4 is 0 Å². The van der Waals surface area contributed by atoms with Gasteiger partial charge in [0.25, 0.3) is 0 Å². The normalized spacial score (nSPS) is 10.3. The van der Waals surface area contributed by atoms with Crippen LogP contribution in [0.2, 0.25) is 0 Å². The number of carbonyl (C=O) groups excluding carboxylic acids is 1. The molecular weight excluding hydrogens is 195 g/mol. The molecule has 13 heavy (non-hydrogen) atoms. The highest BCUT2D eigenvalue weighted by atomic mass is 32.2. The first kappa shape index (κ1) is 9.85. The molecule has 0 saturated carbocycles. The van der Waals surface area contributed by atoms with Gasteiger partial charge in [0.2, 0.25) is 0 Å². The third kappa shape index (κ3) is 2.12. The van der Waals surface area contributed by atoms with Gasteiger partial charge in [-0.25, -0.2) is 12.8 Å². The minimum Gasteiger partial charge on any atom is -0.298 e. The summed E-state index contributed by atoms with van der Waals surface area (Å²) in [5, 5.41) is 0. The first-order chi connectivity index (χ1) is 6.19. The first-order valence-electron chi connectivity index (χ1n) is 3.47. The van der Waals surface area contributed by atoms with E-state index < -0.39 is 17.4 Å². The Balaban J connectivity index is 3.33. The molecule has 0 radical (unpaired) electrons. The van der Waals surface area contributed by atoms with Gasteiger partial charge in [0.15, 0.2) is 10.7 Å². The van der Waals surface area contributed by atoms with E-state index in [0.29, 0.717) is 6.29 Å². The van der Waals surface area contributed by atoms with Crippen molar-refractivity contribution in [2.45, 2.75) is 11.6 Å². The second-order valence-electron chi connectivity index (χ2n) is 2.40. The molecule has 0 bridgehead atoms. The largest absolute Gasteiger partial charge is 0.298 e. The fourth-order valence-electron chi connectivity index (χ4n) is 0.937. The SMILES string of the molecule is O=Cc1ccc(CF)c([SH](=O)=O)c1. The summed E-state index contributed by atoms with van der Waals surface area (Å²) in [5.41, 5.74) is 0.313. The summed E-state index contributed by atoms with van der Waals surface area (Å²) in [6.07, 6.45) is 0.518. The van der Waals surface area contributed by atoms with Gasteiger partial charge in [-0.2, -0.15) is 0 Å². The molecule has 0 amide bonds. The lowest BCUT2D eigenvalue weighted by molar-refractivity contribution is 0.112. The minimum atomic E-state index is -2.84. The zero-order valence-electron chi connectivity index (χ0n) is 6.57. The number of halogens is 1. The molecule has 0 aliphatic heterocycles. The lowest BCUT2D eigenvalue weighted by Crippen LogP contribution is -1.92. The third-order valence-electron chi connectivity index (χ3n) is 1.59. The Bertz CT molecular complexity index is 390. The molecule has 0 aliphatic carbocycles. The molecule has 0 unspecified atom stereocenters. The van der Waals surface area contributed by atoms with Crippen molar-refractivity contribution in [3.63, 3.8) is 0 Å². The number of carbonyl (C=O) groups is 1. The van der Waals surface area contributed by atoms with Gasteiger partial charge in [0, 0.05) is 11.1 Å². The van der Waals surface area contributed by atoms with Gasteiger partial charge in [0.1, 0.15) is 13.0 Å². The minimum absolute atomic E-state index is 0.0849. The van der Waals surface area contributed by atoms with Gasteiger partial charge >= 0.3 is 0 Å². The van der Waals surface area contributed by atoms with Crippen LogP contribution in [0, 0.1) is 0 Å². The van der Waals surface area contributed by atoms with Crippen molar-refractivity contribution in [3.8, 4) is 0 Å². The van der Waals surface area contributed by atoms with E-state index in [1.165, 1.54) is 12.1 Å². The maximum Gasteiger partial charge on any atom is 0.168 e. The summed E-state index contributed by atoms with van der Waals surface area (Å²) in [6.45, 7) is -0.849. The second-order valence-corrected chi connectivity index (χ2v) is 3.39. The van der Waals surface area contributed by atoms with Crippen molar-refractivity contribution in [1.29, 1.82) is 0 Å². The zero-order valence-corrected chi connectivity index (χ0v) is 7.46. The van der Waals surface area contributed by atoms with E-state index >= 15 is 0 Å². The van der Waals surface area contributed by atoms with Crippen LogP contribution in [0.15, 0.2) is 23.1 Å². The Labute approximate surface area is 76.1 Å². The average Bonchev–Trinajstić information content (AvgIpc) is 2.16. The summed E-state index contributed by atoms with van der Waals surface area (Å²) in [6, 6.07) is 3.84. The van der Waals surface area contributed by atoms with Crippen molar-refractivity contribution in [2.75, 3.05) is 0 Å². The van der Waals surface area contributed by atoms with Crippen LogP contribution in [0.3, 0.4) is 0 Å². The molecule has 1 aromatic rings. The summed E-state index contributed by atoms with van der Waals surface area (Å²) >= 11 is 0. The van der Waals surface area contributed by atoms with Gasteiger partial charge < -0.3 is 0 Å². The molecule has 70 valence electrons. The van der Waals surface area contributed by atoms with Crippen LogP contribution in [0.25, 0.3) is 0 Å². The molecule has 5 heteroatoms. The van der Waals surface area contributed by atoms with E-state index in [2.05, 4.69) is 0 Å². The standard InChI is InChI=1S/C8H7FO3S/c9-4-7-2-1-6(5-10)3-8(7)13(11)12/h1-3,5,13H,4H2. The molecule has 0 atom stereocenters. The fourth-order valence-corrected chi connectivity index (χ4v) is 1.56. The maximum atomic E-state index is 12.2. The number of aldehydes is 1. The van der Waals surface area contributed by atoms with Gasteiger partial charge in [-0.05, 0) is 6.07 Å². The molecule has 0 fully saturated rings. The maximum absolute atomic E-state index is 12.2. The van der Waals surface area contributed by atoms with Crippen LogP contribution in [-0.4, -0.2) is 14.7 Å². The third-order valence-corrected chi connectivity index (χ3v) is 2.40. The predicted molar refractivity (Wildman–Crippen MR) is 45.2 cm³/mol. The van der Waals surface area contributed by atoms with Crippen molar-refractivity contribution in [1.82, 2.24) is 0 Å². The van der Waals surface area contributed by atoms with Crippen molar-refractivity contribution < 1.29 is 17.6 Å². The predicted octanol–water partition coefficient (Wildman–Crippen LogP) is 0.939. The monoisotopic (exact) mass is 202 g/mol. The van der Waals surface area contributed by atoms with E-state index in [9.17, 15) is 17.6 Å². The highest BCUT2D eigenvalue weighted by molar-refractivity contribution is 7.72. The lowest BCUT2D eigenvalue weighted by Gasteiger charge is -1.99. The lowest BCUT2D eigenvalue weighted by atomic mass is 10.2. The highest BCUT2D eigenvalue weighted by Crippen LogP contribution is 2.13. The van der Waals surface area contributed by atoms with E-state index in [0.717, 1.165) is 6.07 Å². The molecule has 0 saturated heterocycles. The van der Waals surface area contributed by atoms with E-state index in [1.54, 1.807) is 0 Å². The number of rotatable bonds is 3. The summed E-state index contributed by atoms with van der Waals surface area (Å²) < 4.78 is 33.4. The van der Waals surface area contributed by atoms with E-state index in [-0.39, 0.29) is 16.0 Å². The van der Waals surface area contributed by atoms with Crippen LogP contribution in [-0.2, 0) is 17.4 Å². The molecule has 0 spiro atoms. The Kier molecular flexibility index (Phi) is 3.13. The smallest absolute Gasteiger partial charge is 0.168 e. The van der Waals surface area contributed by atoms with Gasteiger partial charge in [-0.1, -0.05) is 12.1 Å². The van der Waals surface area contributed by atoms with Crippen molar-refractivity contribution in [3.05, 3.63) is 29.3 Å². The number of alkyl halides is 1. The Morgan fingerprint density at radius 1 is 1.38 bits per heavy atom. The van der Waals surface area contributed by atoms with Gasteiger partial charge in [0.05, 0.1) is 4.90 Å². The molecule has 3 nitrogen and oxygen atoms in total. The van der Waals surface area contributed by atoms with Crippen LogP contribution >= 0.6 is 0 Å². The summed E-state index contributed by atoms with van der Waals surface area (Å²) in [7, 11) is -2.84. The molecule has 0 aliphatic rings. The van der Waals surface area contributed by atoms with Crippen LogP contribution in [0.5, 0.6) is 0 Å². The van der Waals surface area contributed by atoms with E-state index in [4.69, 9.17) is 0 Å². The topological polar surface area (TPSA) is 51.2 Å². The quantitative estimate of drug-likeness (QED) is 0.586. The second kappa shape index (κ2) is 4.13. The molecule has 0 N–H and O–H groups in total. The Morgan fingerprint density at radius 3 is 2.54 bits per heavy atom.